The van der Waals surface area contributed by atoms with E-state index < -0.39 is 0 Å². The van der Waals surface area contributed by atoms with Crippen molar-refractivity contribution in [2.75, 3.05) is 19.6 Å². The molecule has 5 nitrogen and oxygen atoms in total. The van der Waals surface area contributed by atoms with Crippen molar-refractivity contribution in [1.82, 2.24) is 4.98 Å². The van der Waals surface area contributed by atoms with Gasteiger partial charge in [-0.15, -0.1) is 11.3 Å². The number of aromatic nitrogens is 1. The van der Waals surface area contributed by atoms with E-state index >= 15 is 0 Å². The molecule has 0 fully saturated rings. The SMILES string of the molecule is COc1ccc(OC)c(-c2csc(N/N=C(\C)c3ccc(C)cc3)n2)c1. The highest BCUT2D eigenvalue weighted by atomic mass is 32.1. The highest BCUT2D eigenvalue weighted by molar-refractivity contribution is 7.14. The van der Waals surface area contributed by atoms with Crippen LogP contribution in [0.3, 0.4) is 0 Å². The van der Waals surface area contributed by atoms with Gasteiger partial charge in [-0.2, -0.15) is 5.10 Å². The van der Waals surface area contributed by atoms with Crippen molar-refractivity contribution in [2.45, 2.75) is 13.8 Å². The molecule has 0 bridgehead atoms. The Balaban J connectivity index is 1.80. The van der Waals surface area contributed by atoms with Crippen molar-refractivity contribution >= 4 is 22.2 Å². The molecule has 0 aliphatic rings. The number of hydrazone groups is 1. The number of nitrogens with zero attached hydrogens (tertiary/aromatic N) is 2. The van der Waals surface area contributed by atoms with Gasteiger partial charge in [0.2, 0.25) is 5.13 Å². The maximum absolute atomic E-state index is 5.44. The molecular formula is C20H21N3O2S. The lowest BCUT2D eigenvalue weighted by Gasteiger charge is -2.08. The molecule has 0 unspecified atom stereocenters. The van der Waals surface area contributed by atoms with Gasteiger partial charge < -0.3 is 9.47 Å². The number of rotatable bonds is 6. The first kappa shape index (κ1) is 17.9. The molecule has 3 rings (SSSR count). The standard InChI is InChI=1S/C20H21N3O2S/c1-13-5-7-15(8-6-13)14(2)22-23-20-21-18(12-26-20)17-11-16(24-3)9-10-19(17)25-4/h5-12H,1-4H3,(H,21,23)/b22-14+. The van der Waals surface area contributed by atoms with Crippen molar-refractivity contribution in [3.8, 4) is 22.8 Å². The monoisotopic (exact) mass is 367 g/mol. The second-order valence-corrected chi connectivity index (χ2v) is 6.64. The first-order valence-electron chi connectivity index (χ1n) is 8.16. The van der Waals surface area contributed by atoms with E-state index in [2.05, 4.69) is 46.7 Å². The topological polar surface area (TPSA) is 55.7 Å². The van der Waals surface area contributed by atoms with Crippen molar-refractivity contribution in [1.29, 1.82) is 0 Å². The molecular weight excluding hydrogens is 346 g/mol. The molecule has 0 aliphatic carbocycles. The number of nitrogens with one attached hydrogen (secondary N) is 1. The van der Waals surface area contributed by atoms with Crippen molar-refractivity contribution in [3.63, 3.8) is 0 Å². The summed E-state index contributed by atoms with van der Waals surface area (Å²) in [6, 6.07) is 13.9. The minimum absolute atomic E-state index is 0.719. The van der Waals surface area contributed by atoms with E-state index in [4.69, 9.17) is 9.47 Å². The summed E-state index contributed by atoms with van der Waals surface area (Å²) in [7, 11) is 3.29. The van der Waals surface area contributed by atoms with E-state index in [1.54, 1.807) is 14.2 Å². The third kappa shape index (κ3) is 4.03. The average molecular weight is 367 g/mol. The maximum Gasteiger partial charge on any atom is 0.203 e. The van der Waals surface area contributed by atoms with Gasteiger partial charge in [-0.25, -0.2) is 4.98 Å². The van der Waals surface area contributed by atoms with Gasteiger partial charge in [0.25, 0.3) is 0 Å². The first-order chi connectivity index (χ1) is 12.6. The Kier molecular flexibility index (Phi) is 5.53. The fourth-order valence-corrected chi connectivity index (χ4v) is 3.11. The fourth-order valence-electron chi connectivity index (χ4n) is 2.45. The minimum atomic E-state index is 0.719. The Bertz CT molecular complexity index is 917. The summed E-state index contributed by atoms with van der Waals surface area (Å²) in [6.07, 6.45) is 0. The Labute approximate surface area is 157 Å². The third-order valence-corrected chi connectivity index (χ3v) is 4.72. The highest BCUT2D eigenvalue weighted by Crippen LogP contribution is 2.35. The number of methoxy groups -OCH3 is 2. The molecule has 1 heterocycles. The van der Waals surface area contributed by atoms with Gasteiger partial charge in [-0.05, 0) is 37.6 Å². The number of aryl methyl sites for hydroxylation is 1. The molecule has 1 aromatic heterocycles. The summed E-state index contributed by atoms with van der Waals surface area (Å²) in [5.41, 5.74) is 7.95. The average Bonchev–Trinajstić information content (AvgIpc) is 3.15. The number of thiazole rings is 1. The van der Waals surface area contributed by atoms with Crippen LogP contribution >= 0.6 is 11.3 Å². The Morgan fingerprint density at radius 1 is 1.08 bits per heavy atom. The fraction of sp³-hybridized carbons (Fsp3) is 0.200. The van der Waals surface area contributed by atoms with Gasteiger partial charge in [0.05, 0.1) is 25.6 Å². The highest BCUT2D eigenvalue weighted by Gasteiger charge is 2.11. The van der Waals surface area contributed by atoms with Gasteiger partial charge in [0.15, 0.2) is 0 Å². The predicted molar refractivity (Wildman–Crippen MR) is 108 cm³/mol. The zero-order valence-corrected chi connectivity index (χ0v) is 16.1. The summed E-state index contributed by atoms with van der Waals surface area (Å²) in [6.45, 7) is 4.04. The van der Waals surface area contributed by atoms with Crippen molar-refractivity contribution in [2.24, 2.45) is 5.10 Å². The van der Waals surface area contributed by atoms with Gasteiger partial charge in [-0.1, -0.05) is 29.8 Å². The molecule has 2 aromatic carbocycles. The number of benzene rings is 2. The van der Waals surface area contributed by atoms with Crippen molar-refractivity contribution < 1.29 is 9.47 Å². The number of hydrogen-bond acceptors (Lipinski definition) is 6. The molecule has 1 N–H and O–H groups in total. The summed E-state index contributed by atoms with van der Waals surface area (Å²) >= 11 is 1.49. The van der Waals surface area contributed by atoms with E-state index in [1.165, 1.54) is 16.9 Å². The second kappa shape index (κ2) is 8.01. The van der Waals surface area contributed by atoms with Crippen LogP contribution in [-0.4, -0.2) is 24.9 Å². The second-order valence-electron chi connectivity index (χ2n) is 5.78. The lowest BCUT2D eigenvalue weighted by molar-refractivity contribution is 0.404. The minimum Gasteiger partial charge on any atom is -0.497 e. The lowest BCUT2D eigenvalue weighted by Crippen LogP contribution is -1.99. The zero-order valence-electron chi connectivity index (χ0n) is 15.2. The Morgan fingerprint density at radius 2 is 1.85 bits per heavy atom. The van der Waals surface area contributed by atoms with Crippen molar-refractivity contribution in [3.05, 3.63) is 59.0 Å². The van der Waals surface area contributed by atoms with Crippen LogP contribution in [0.4, 0.5) is 5.13 Å². The van der Waals surface area contributed by atoms with Crippen LogP contribution in [0.5, 0.6) is 11.5 Å². The Hall–Kier alpha value is -2.86. The van der Waals surface area contributed by atoms with E-state index in [-0.39, 0.29) is 0 Å². The molecule has 0 amide bonds. The molecule has 0 atom stereocenters. The van der Waals surface area contributed by atoms with Crippen LogP contribution in [0.15, 0.2) is 52.9 Å². The first-order valence-corrected chi connectivity index (χ1v) is 9.04. The summed E-state index contributed by atoms with van der Waals surface area (Å²) in [5.74, 6) is 1.51. The lowest BCUT2D eigenvalue weighted by atomic mass is 10.1. The summed E-state index contributed by atoms with van der Waals surface area (Å²) in [4.78, 5) is 4.61. The molecule has 0 saturated carbocycles. The summed E-state index contributed by atoms with van der Waals surface area (Å²) in [5, 5.41) is 7.12. The van der Waals surface area contributed by atoms with Crippen LogP contribution in [-0.2, 0) is 0 Å². The van der Waals surface area contributed by atoms with Crippen LogP contribution in [0.2, 0.25) is 0 Å². The molecule has 26 heavy (non-hydrogen) atoms. The molecule has 6 heteroatoms. The van der Waals surface area contributed by atoms with E-state index in [0.29, 0.717) is 0 Å². The molecule has 0 radical (unpaired) electrons. The third-order valence-electron chi connectivity index (χ3n) is 3.98. The van der Waals surface area contributed by atoms with Gasteiger partial charge in [0.1, 0.15) is 11.5 Å². The van der Waals surface area contributed by atoms with Crippen LogP contribution in [0.1, 0.15) is 18.1 Å². The van der Waals surface area contributed by atoms with E-state index in [9.17, 15) is 0 Å². The quantitative estimate of drug-likeness (QED) is 0.493. The molecule has 3 aromatic rings. The van der Waals surface area contributed by atoms with Gasteiger partial charge >= 0.3 is 0 Å². The molecule has 134 valence electrons. The largest absolute Gasteiger partial charge is 0.497 e. The van der Waals surface area contributed by atoms with Gasteiger partial charge in [0, 0.05) is 10.9 Å². The van der Waals surface area contributed by atoms with Crippen LogP contribution in [0, 0.1) is 6.92 Å². The van der Waals surface area contributed by atoms with E-state index in [1.807, 2.05) is 30.5 Å². The van der Waals surface area contributed by atoms with Crippen LogP contribution < -0.4 is 14.9 Å². The number of hydrogen-bond donors (Lipinski definition) is 1. The molecule has 0 saturated heterocycles. The normalized spacial score (nSPS) is 11.3. The molecule has 0 aliphatic heterocycles. The summed E-state index contributed by atoms with van der Waals surface area (Å²) < 4.78 is 10.7. The van der Waals surface area contributed by atoms with E-state index in [0.717, 1.165) is 39.2 Å². The zero-order chi connectivity index (χ0) is 18.5. The van der Waals surface area contributed by atoms with Gasteiger partial charge in [-0.3, -0.25) is 5.43 Å². The smallest absolute Gasteiger partial charge is 0.203 e. The Morgan fingerprint density at radius 3 is 2.54 bits per heavy atom. The predicted octanol–water partition coefficient (Wildman–Crippen LogP) is 4.97. The number of ether oxygens (including phenoxy) is 2. The maximum atomic E-state index is 5.44. The molecule has 0 spiro atoms. The number of anilines is 1. The van der Waals surface area contributed by atoms with Crippen LogP contribution in [0.25, 0.3) is 11.3 Å².